The number of carbonyl (C=O) groups excluding carboxylic acids is 1. The maximum absolute atomic E-state index is 15.0. The smallest absolute Gasteiger partial charge is 0.242 e. The number of hydrogen-bond donors (Lipinski definition) is 1. The van der Waals surface area contributed by atoms with Crippen LogP contribution in [0, 0.1) is 5.82 Å². The largest absolute Gasteiger partial charge is 0.369 e. The van der Waals surface area contributed by atoms with Gasteiger partial charge in [0.25, 0.3) is 0 Å². The summed E-state index contributed by atoms with van der Waals surface area (Å²) < 4.78 is 15.0. The molecular formula is C27H30FN3OS. The number of anilines is 2. The second-order valence-electron chi connectivity index (χ2n) is 8.56. The molecule has 0 aliphatic carbocycles. The molecule has 4 rings (SSSR count). The highest BCUT2D eigenvalue weighted by Crippen LogP contribution is 2.36. The third-order valence-corrected chi connectivity index (χ3v) is 7.35. The van der Waals surface area contributed by atoms with Crippen molar-refractivity contribution in [1.29, 1.82) is 0 Å². The van der Waals surface area contributed by atoms with Gasteiger partial charge >= 0.3 is 0 Å². The van der Waals surface area contributed by atoms with Gasteiger partial charge in [-0.2, -0.15) is 0 Å². The summed E-state index contributed by atoms with van der Waals surface area (Å²) in [5, 5.41) is 2.49. The van der Waals surface area contributed by atoms with Crippen LogP contribution in [-0.2, 0) is 4.79 Å². The number of benzene rings is 3. The van der Waals surface area contributed by atoms with Crippen molar-refractivity contribution in [1.82, 2.24) is 4.90 Å². The van der Waals surface area contributed by atoms with Gasteiger partial charge in [0.2, 0.25) is 5.91 Å². The van der Waals surface area contributed by atoms with Crippen LogP contribution >= 0.6 is 11.8 Å². The molecular weight excluding hydrogens is 433 g/mol. The second-order valence-corrected chi connectivity index (χ2v) is 9.74. The van der Waals surface area contributed by atoms with E-state index >= 15 is 4.39 Å². The average Bonchev–Trinajstić information content (AvgIpc) is 2.84. The highest BCUT2D eigenvalue weighted by atomic mass is 32.2. The fraction of sp³-hybridized carbons (Fsp3) is 0.296. The van der Waals surface area contributed by atoms with Gasteiger partial charge in [-0.3, -0.25) is 4.79 Å². The second kappa shape index (κ2) is 10.9. The minimum atomic E-state index is -0.443. The summed E-state index contributed by atoms with van der Waals surface area (Å²) in [7, 11) is 4.19. The first-order valence-corrected chi connectivity index (χ1v) is 12.2. The van der Waals surface area contributed by atoms with Crippen LogP contribution in [0.4, 0.5) is 15.8 Å². The van der Waals surface area contributed by atoms with Crippen molar-refractivity contribution in [2.45, 2.75) is 29.0 Å². The third-order valence-electron chi connectivity index (χ3n) is 6.09. The van der Waals surface area contributed by atoms with Crippen LogP contribution in [0.1, 0.15) is 23.7 Å². The Labute approximate surface area is 199 Å². The van der Waals surface area contributed by atoms with E-state index in [1.54, 1.807) is 12.1 Å². The summed E-state index contributed by atoms with van der Waals surface area (Å²) >= 11 is 1.48. The van der Waals surface area contributed by atoms with Crippen LogP contribution in [0.15, 0.2) is 83.8 Å². The molecule has 0 aromatic heterocycles. The fourth-order valence-electron chi connectivity index (χ4n) is 4.21. The Hall–Kier alpha value is -2.83. The lowest BCUT2D eigenvalue weighted by molar-refractivity contribution is -0.115. The molecule has 1 atom stereocenters. The van der Waals surface area contributed by atoms with E-state index in [2.05, 4.69) is 29.2 Å². The lowest BCUT2D eigenvalue weighted by Crippen LogP contribution is -2.42. The van der Waals surface area contributed by atoms with Gasteiger partial charge in [-0.05, 0) is 62.8 Å². The van der Waals surface area contributed by atoms with Crippen molar-refractivity contribution in [3.63, 3.8) is 0 Å². The molecule has 1 aliphatic heterocycles. The molecule has 1 fully saturated rings. The molecule has 0 radical (unpaired) electrons. The van der Waals surface area contributed by atoms with E-state index < -0.39 is 5.25 Å². The highest BCUT2D eigenvalue weighted by Gasteiger charge is 2.24. The van der Waals surface area contributed by atoms with Crippen LogP contribution in [0.2, 0.25) is 0 Å². The van der Waals surface area contributed by atoms with Crippen molar-refractivity contribution in [2.24, 2.45) is 0 Å². The molecule has 4 nitrogen and oxygen atoms in total. The standard InChI is InChI=1S/C27H30FN3OS/c1-30(2)22-15-17-31(18-16-22)25-14-13-21(19-24(25)28)29-27(32)26(20-9-5-3-6-10-20)33-23-11-7-4-8-12-23/h3-14,19,22,26H,15-18H2,1-2H3,(H,29,32). The molecule has 1 aliphatic rings. The van der Waals surface area contributed by atoms with Crippen LogP contribution < -0.4 is 10.2 Å². The van der Waals surface area contributed by atoms with Gasteiger partial charge in [-0.1, -0.05) is 48.5 Å². The fourth-order valence-corrected chi connectivity index (χ4v) is 5.25. The quantitative estimate of drug-likeness (QED) is 0.447. The maximum atomic E-state index is 15.0. The number of amides is 1. The van der Waals surface area contributed by atoms with Crippen molar-refractivity contribution in [3.8, 4) is 0 Å². The molecule has 0 spiro atoms. The number of rotatable bonds is 7. The minimum Gasteiger partial charge on any atom is -0.369 e. The Morgan fingerprint density at radius 2 is 1.64 bits per heavy atom. The van der Waals surface area contributed by atoms with Gasteiger partial charge in [0.05, 0.1) is 5.69 Å². The van der Waals surface area contributed by atoms with Crippen molar-refractivity contribution in [3.05, 3.63) is 90.2 Å². The summed E-state index contributed by atoms with van der Waals surface area (Å²) in [5.41, 5.74) is 1.98. The monoisotopic (exact) mass is 463 g/mol. The third kappa shape index (κ3) is 5.95. The van der Waals surface area contributed by atoms with E-state index in [1.807, 2.05) is 60.7 Å². The molecule has 1 saturated heterocycles. The zero-order valence-corrected chi connectivity index (χ0v) is 19.9. The maximum Gasteiger partial charge on any atom is 0.242 e. The number of piperidine rings is 1. The summed E-state index contributed by atoms with van der Waals surface area (Å²) in [6, 6.07) is 25.1. The van der Waals surface area contributed by atoms with E-state index in [-0.39, 0.29) is 11.7 Å². The molecule has 1 heterocycles. The lowest BCUT2D eigenvalue weighted by Gasteiger charge is -2.36. The Bertz CT molecular complexity index is 1050. The van der Waals surface area contributed by atoms with Gasteiger partial charge in [-0.25, -0.2) is 4.39 Å². The molecule has 33 heavy (non-hydrogen) atoms. The molecule has 1 N–H and O–H groups in total. The van der Waals surface area contributed by atoms with E-state index in [4.69, 9.17) is 0 Å². The normalized spacial score (nSPS) is 15.5. The topological polar surface area (TPSA) is 35.6 Å². The Balaban J connectivity index is 1.47. The molecule has 6 heteroatoms. The Kier molecular flexibility index (Phi) is 7.68. The molecule has 1 unspecified atom stereocenters. The van der Waals surface area contributed by atoms with Gasteiger partial charge in [0.1, 0.15) is 11.1 Å². The number of thioether (sulfide) groups is 1. The first-order chi connectivity index (χ1) is 16.0. The number of carbonyl (C=O) groups is 1. The van der Waals surface area contributed by atoms with Crippen LogP contribution in [0.3, 0.4) is 0 Å². The molecule has 172 valence electrons. The minimum absolute atomic E-state index is 0.172. The zero-order valence-electron chi connectivity index (χ0n) is 19.1. The molecule has 1 amide bonds. The predicted molar refractivity (Wildman–Crippen MR) is 135 cm³/mol. The number of nitrogens with one attached hydrogen (secondary N) is 1. The van der Waals surface area contributed by atoms with Crippen LogP contribution in [0.25, 0.3) is 0 Å². The average molecular weight is 464 g/mol. The van der Waals surface area contributed by atoms with Gasteiger partial charge in [0, 0.05) is 29.7 Å². The van der Waals surface area contributed by atoms with Crippen molar-refractivity contribution >= 4 is 29.0 Å². The summed E-state index contributed by atoms with van der Waals surface area (Å²) in [6.45, 7) is 1.66. The molecule has 3 aromatic carbocycles. The van der Waals surface area contributed by atoms with Gasteiger partial charge in [0.15, 0.2) is 0 Å². The Morgan fingerprint density at radius 3 is 2.24 bits per heavy atom. The van der Waals surface area contributed by atoms with E-state index in [0.717, 1.165) is 36.4 Å². The van der Waals surface area contributed by atoms with Crippen molar-refractivity contribution in [2.75, 3.05) is 37.4 Å². The highest BCUT2D eigenvalue weighted by molar-refractivity contribution is 8.00. The van der Waals surface area contributed by atoms with E-state index in [0.29, 0.717) is 17.4 Å². The van der Waals surface area contributed by atoms with E-state index in [9.17, 15) is 4.79 Å². The van der Waals surface area contributed by atoms with Gasteiger partial charge < -0.3 is 15.1 Å². The summed E-state index contributed by atoms with van der Waals surface area (Å²) in [6.07, 6.45) is 2.03. The SMILES string of the molecule is CN(C)C1CCN(c2ccc(NC(=O)C(Sc3ccccc3)c3ccccc3)cc2F)CC1. The van der Waals surface area contributed by atoms with E-state index in [1.165, 1.54) is 17.8 Å². The number of halogens is 1. The first kappa shape index (κ1) is 23.3. The van der Waals surface area contributed by atoms with Crippen LogP contribution in [-0.4, -0.2) is 44.0 Å². The number of hydrogen-bond acceptors (Lipinski definition) is 4. The summed E-state index contributed by atoms with van der Waals surface area (Å²) in [4.78, 5) is 18.6. The van der Waals surface area contributed by atoms with Gasteiger partial charge in [-0.15, -0.1) is 11.8 Å². The molecule has 3 aromatic rings. The molecule has 0 bridgehead atoms. The first-order valence-electron chi connectivity index (χ1n) is 11.3. The lowest BCUT2D eigenvalue weighted by atomic mass is 10.0. The predicted octanol–water partition coefficient (Wildman–Crippen LogP) is 5.83. The number of nitrogens with zero attached hydrogens (tertiary/aromatic N) is 2. The van der Waals surface area contributed by atoms with Crippen LogP contribution in [0.5, 0.6) is 0 Å². The Morgan fingerprint density at radius 1 is 1.00 bits per heavy atom. The summed E-state index contributed by atoms with van der Waals surface area (Å²) in [5.74, 6) is -0.475. The zero-order chi connectivity index (χ0) is 23.2. The molecule has 0 saturated carbocycles. The van der Waals surface area contributed by atoms with Crippen molar-refractivity contribution < 1.29 is 9.18 Å².